The Morgan fingerprint density at radius 3 is 2.37 bits per heavy atom. The van der Waals surface area contributed by atoms with Gasteiger partial charge in [-0.2, -0.15) is 13.2 Å². The summed E-state index contributed by atoms with van der Waals surface area (Å²) in [5.41, 5.74) is -1.68. The summed E-state index contributed by atoms with van der Waals surface area (Å²) in [7, 11) is 0. The summed E-state index contributed by atoms with van der Waals surface area (Å²) in [6.45, 7) is 3.26. The van der Waals surface area contributed by atoms with E-state index < -0.39 is 23.1 Å². The normalized spacial score (nSPS) is 15.3. The van der Waals surface area contributed by atoms with Gasteiger partial charge in [-0.15, -0.1) is 0 Å². The number of nitrogens with one attached hydrogen (secondary N) is 1. The molecule has 0 saturated heterocycles. The van der Waals surface area contributed by atoms with E-state index in [9.17, 15) is 22.7 Å². The Bertz CT molecular complexity index is 427. The van der Waals surface area contributed by atoms with Crippen molar-refractivity contribution in [1.82, 2.24) is 5.32 Å². The first-order chi connectivity index (χ1) is 8.72. The molecule has 19 heavy (non-hydrogen) atoms. The van der Waals surface area contributed by atoms with Crippen molar-refractivity contribution in [2.24, 2.45) is 0 Å². The average molecular weight is 279 g/mol. The zero-order chi connectivity index (χ0) is 14.7. The van der Waals surface area contributed by atoms with Crippen molar-refractivity contribution >= 4 is 0 Å². The molecule has 0 aliphatic carbocycles. The molecule has 1 atom stereocenters. The molecule has 2 N–H and O–H groups in total. The molecule has 0 bridgehead atoms. The molecule has 6 heteroatoms. The maximum atomic E-state index is 12.9. The van der Waals surface area contributed by atoms with Crippen LogP contribution in [0, 0.1) is 5.82 Å². The second kappa shape index (κ2) is 5.88. The molecule has 1 rings (SSSR count). The highest BCUT2D eigenvalue weighted by Gasteiger charge is 2.34. The Labute approximate surface area is 109 Å². The number of benzene rings is 1. The highest BCUT2D eigenvalue weighted by Crippen LogP contribution is 2.32. The fraction of sp³-hybridized carbons (Fsp3) is 0.538. The molecular formula is C13H17F4NO. The predicted octanol–water partition coefficient (Wildman–Crippen LogP) is 3.10. The van der Waals surface area contributed by atoms with Gasteiger partial charge in [-0.05, 0) is 31.0 Å². The lowest BCUT2D eigenvalue weighted by atomic mass is 9.99. The Morgan fingerprint density at radius 1 is 1.26 bits per heavy atom. The second-order valence-corrected chi connectivity index (χ2v) is 4.73. The highest BCUT2D eigenvalue weighted by molar-refractivity contribution is 5.30. The van der Waals surface area contributed by atoms with Crippen molar-refractivity contribution in [3.8, 4) is 0 Å². The molecule has 1 aromatic rings. The van der Waals surface area contributed by atoms with Crippen LogP contribution in [-0.2, 0) is 12.7 Å². The largest absolute Gasteiger partial charge is 0.416 e. The van der Waals surface area contributed by atoms with Gasteiger partial charge in [0, 0.05) is 12.1 Å². The van der Waals surface area contributed by atoms with E-state index >= 15 is 0 Å². The monoisotopic (exact) mass is 279 g/mol. The Morgan fingerprint density at radius 2 is 1.89 bits per heavy atom. The van der Waals surface area contributed by atoms with Crippen molar-refractivity contribution in [3.63, 3.8) is 0 Å². The van der Waals surface area contributed by atoms with Gasteiger partial charge in [0.2, 0.25) is 0 Å². The van der Waals surface area contributed by atoms with E-state index in [2.05, 4.69) is 5.32 Å². The summed E-state index contributed by atoms with van der Waals surface area (Å²) < 4.78 is 51.2. The Balaban J connectivity index is 2.96. The van der Waals surface area contributed by atoms with Crippen LogP contribution in [0.15, 0.2) is 18.2 Å². The van der Waals surface area contributed by atoms with Gasteiger partial charge in [0.15, 0.2) is 0 Å². The Kier molecular flexibility index (Phi) is 4.92. The lowest BCUT2D eigenvalue weighted by Crippen LogP contribution is -2.44. The number of aliphatic hydroxyl groups excluding tert-OH is 1. The van der Waals surface area contributed by atoms with Gasteiger partial charge in [0.25, 0.3) is 0 Å². The van der Waals surface area contributed by atoms with Gasteiger partial charge in [-0.3, -0.25) is 0 Å². The SMILES string of the molecule is CCC(C)(CO)NCc1ccc(F)cc1C(F)(F)F. The standard InChI is InChI=1S/C13H17F4NO/c1-3-12(2,8-19)18-7-9-4-5-10(14)6-11(9)13(15,16)17/h4-6,18-19H,3,7-8H2,1-2H3. The molecule has 0 fully saturated rings. The van der Waals surface area contributed by atoms with Crippen LogP contribution in [0.25, 0.3) is 0 Å². The van der Waals surface area contributed by atoms with E-state index in [-0.39, 0.29) is 18.7 Å². The molecular weight excluding hydrogens is 262 g/mol. The van der Waals surface area contributed by atoms with Gasteiger partial charge >= 0.3 is 6.18 Å². The summed E-state index contributed by atoms with van der Waals surface area (Å²) in [5, 5.41) is 12.1. The zero-order valence-electron chi connectivity index (χ0n) is 10.8. The number of aliphatic hydroxyl groups is 1. The first kappa shape index (κ1) is 15.9. The van der Waals surface area contributed by atoms with Crippen LogP contribution in [0.4, 0.5) is 17.6 Å². The molecule has 0 aliphatic rings. The van der Waals surface area contributed by atoms with Crippen molar-refractivity contribution in [2.45, 2.75) is 38.5 Å². The van der Waals surface area contributed by atoms with Crippen LogP contribution in [0.5, 0.6) is 0 Å². The summed E-state index contributed by atoms with van der Waals surface area (Å²) in [5.74, 6) is -0.920. The van der Waals surface area contributed by atoms with E-state index in [4.69, 9.17) is 0 Å². The molecule has 0 saturated carbocycles. The van der Waals surface area contributed by atoms with E-state index in [1.165, 1.54) is 0 Å². The van der Waals surface area contributed by atoms with Gasteiger partial charge in [0.05, 0.1) is 12.2 Å². The molecule has 1 aromatic carbocycles. The molecule has 0 amide bonds. The summed E-state index contributed by atoms with van der Waals surface area (Å²) in [6.07, 6.45) is -4.03. The first-order valence-corrected chi connectivity index (χ1v) is 5.93. The average Bonchev–Trinajstić information content (AvgIpc) is 2.36. The van der Waals surface area contributed by atoms with Crippen LogP contribution in [0.1, 0.15) is 31.4 Å². The minimum atomic E-state index is -4.60. The fourth-order valence-electron chi connectivity index (χ4n) is 1.57. The van der Waals surface area contributed by atoms with Crippen LogP contribution in [-0.4, -0.2) is 17.3 Å². The van der Waals surface area contributed by atoms with Crippen LogP contribution < -0.4 is 5.32 Å². The molecule has 0 aromatic heterocycles. The molecule has 0 radical (unpaired) electrons. The van der Waals surface area contributed by atoms with E-state index in [0.717, 1.165) is 12.1 Å². The van der Waals surface area contributed by atoms with Gasteiger partial charge < -0.3 is 10.4 Å². The minimum absolute atomic E-state index is 0.0398. The zero-order valence-corrected chi connectivity index (χ0v) is 10.8. The highest BCUT2D eigenvalue weighted by atomic mass is 19.4. The summed E-state index contributed by atoms with van der Waals surface area (Å²) in [4.78, 5) is 0. The van der Waals surface area contributed by atoms with Gasteiger partial charge in [-0.1, -0.05) is 13.0 Å². The molecule has 2 nitrogen and oxygen atoms in total. The predicted molar refractivity (Wildman–Crippen MR) is 64.0 cm³/mol. The molecule has 0 aliphatic heterocycles. The van der Waals surface area contributed by atoms with Crippen molar-refractivity contribution in [3.05, 3.63) is 35.1 Å². The maximum Gasteiger partial charge on any atom is 0.416 e. The minimum Gasteiger partial charge on any atom is -0.394 e. The van der Waals surface area contributed by atoms with Crippen molar-refractivity contribution in [1.29, 1.82) is 0 Å². The molecule has 1 unspecified atom stereocenters. The smallest absolute Gasteiger partial charge is 0.394 e. The number of hydrogen-bond acceptors (Lipinski definition) is 2. The number of alkyl halides is 3. The maximum absolute atomic E-state index is 12.9. The third-order valence-corrected chi connectivity index (χ3v) is 3.21. The van der Waals surface area contributed by atoms with E-state index in [1.54, 1.807) is 6.92 Å². The number of halogens is 4. The van der Waals surface area contributed by atoms with Gasteiger partial charge in [0.1, 0.15) is 5.82 Å². The quantitative estimate of drug-likeness (QED) is 0.812. The summed E-state index contributed by atoms with van der Waals surface area (Å²) in [6, 6.07) is 2.59. The first-order valence-electron chi connectivity index (χ1n) is 5.93. The lowest BCUT2D eigenvalue weighted by Gasteiger charge is -2.28. The fourth-order valence-corrected chi connectivity index (χ4v) is 1.57. The van der Waals surface area contributed by atoms with Crippen LogP contribution in [0.3, 0.4) is 0 Å². The molecule has 108 valence electrons. The molecule has 0 heterocycles. The second-order valence-electron chi connectivity index (χ2n) is 4.73. The third-order valence-electron chi connectivity index (χ3n) is 3.21. The van der Waals surface area contributed by atoms with Crippen molar-refractivity contribution < 1.29 is 22.7 Å². The van der Waals surface area contributed by atoms with E-state index in [1.807, 2.05) is 6.92 Å². The molecule has 0 spiro atoms. The number of rotatable bonds is 5. The van der Waals surface area contributed by atoms with E-state index in [0.29, 0.717) is 12.5 Å². The third kappa shape index (κ3) is 4.18. The lowest BCUT2D eigenvalue weighted by molar-refractivity contribution is -0.138. The van der Waals surface area contributed by atoms with Crippen molar-refractivity contribution in [2.75, 3.05) is 6.61 Å². The van der Waals surface area contributed by atoms with Crippen LogP contribution in [0.2, 0.25) is 0 Å². The van der Waals surface area contributed by atoms with Gasteiger partial charge in [-0.25, -0.2) is 4.39 Å². The van der Waals surface area contributed by atoms with Crippen LogP contribution >= 0.6 is 0 Å². The Hall–Kier alpha value is -1.14. The summed E-state index contributed by atoms with van der Waals surface area (Å²) >= 11 is 0. The topological polar surface area (TPSA) is 32.3 Å². The number of hydrogen-bond donors (Lipinski definition) is 2.